The van der Waals surface area contributed by atoms with Crippen LogP contribution < -0.4 is 11.1 Å². The second kappa shape index (κ2) is 18.4. The largest absolute Gasteiger partial charge is 0.393 e. The Kier molecular flexibility index (Phi) is 16.3. The molecule has 1 unspecified atom stereocenters. The van der Waals surface area contributed by atoms with Gasteiger partial charge in [-0.15, -0.1) is 0 Å². The highest BCUT2D eigenvalue weighted by Gasteiger charge is 2.04. The molecule has 0 aromatic heterocycles. The molecular weight excluding hydrogens is 372 g/mol. The molecule has 1 atom stereocenters. The van der Waals surface area contributed by atoms with Gasteiger partial charge in [0.05, 0.1) is 6.10 Å². The third-order valence-electron chi connectivity index (χ3n) is 5.80. The van der Waals surface area contributed by atoms with E-state index in [4.69, 9.17) is 5.73 Å². The van der Waals surface area contributed by atoms with Gasteiger partial charge in [0.2, 0.25) is 5.91 Å². The fourth-order valence-corrected chi connectivity index (χ4v) is 3.83. The minimum Gasteiger partial charge on any atom is -0.393 e. The molecule has 4 nitrogen and oxygen atoms in total. The van der Waals surface area contributed by atoms with E-state index in [0.717, 1.165) is 43.2 Å². The lowest BCUT2D eigenvalue weighted by Gasteiger charge is -2.10. The number of unbranched alkanes of at least 4 members (excludes halogenated alkanes) is 10. The Balaban J connectivity index is 1.89. The summed E-state index contributed by atoms with van der Waals surface area (Å²) in [5.74, 6) is 0.136. The Morgan fingerprint density at radius 2 is 1.47 bits per heavy atom. The van der Waals surface area contributed by atoms with Crippen LogP contribution in [0.5, 0.6) is 0 Å². The van der Waals surface area contributed by atoms with Gasteiger partial charge < -0.3 is 16.2 Å². The zero-order valence-corrected chi connectivity index (χ0v) is 19.3. The van der Waals surface area contributed by atoms with Crippen molar-refractivity contribution in [1.29, 1.82) is 0 Å². The van der Waals surface area contributed by atoms with Crippen molar-refractivity contribution in [2.75, 3.05) is 0 Å². The fraction of sp³-hybridized carbons (Fsp3) is 0.731. The van der Waals surface area contributed by atoms with Gasteiger partial charge in [0.1, 0.15) is 0 Å². The number of hydrogen-bond acceptors (Lipinski definition) is 3. The SMILES string of the molecule is CCCCCCCC(O)CCCCCCCCCC(=O)NCc1cccc(CN)c1. The van der Waals surface area contributed by atoms with E-state index in [-0.39, 0.29) is 12.0 Å². The molecule has 0 radical (unpaired) electrons. The predicted octanol–water partition coefficient (Wildman–Crippen LogP) is 5.99. The topological polar surface area (TPSA) is 75.3 Å². The Bertz CT molecular complexity index is 548. The molecule has 4 heteroatoms. The highest BCUT2D eigenvalue weighted by atomic mass is 16.3. The summed E-state index contributed by atoms with van der Waals surface area (Å²) in [6.45, 7) is 3.34. The van der Waals surface area contributed by atoms with Gasteiger partial charge >= 0.3 is 0 Å². The van der Waals surface area contributed by atoms with E-state index in [1.807, 2.05) is 24.3 Å². The number of benzene rings is 1. The second-order valence-electron chi connectivity index (χ2n) is 8.67. The van der Waals surface area contributed by atoms with Crippen LogP contribution in [-0.2, 0) is 17.9 Å². The summed E-state index contributed by atoms with van der Waals surface area (Å²) in [5.41, 5.74) is 7.85. The van der Waals surface area contributed by atoms with E-state index in [0.29, 0.717) is 19.5 Å². The van der Waals surface area contributed by atoms with Crippen molar-refractivity contribution in [1.82, 2.24) is 5.32 Å². The van der Waals surface area contributed by atoms with Gasteiger partial charge in [0, 0.05) is 19.5 Å². The summed E-state index contributed by atoms with van der Waals surface area (Å²) >= 11 is 0. The van der Waals surface area contributed by atoms with Crippen molar-refractivity contribution in [2.45, 2.75) is 122 Å². The molecule has 1 amide bonds. The average molecular weight is 419 g/mol. The van der Waals surface area contributed by atoms with Crippen LogP contribution in [0, 0.1) is 0 Å². The molecule has 172 valence electrons. The number of nitrogens with two attached hydrogens (primary N) is 1. The first-order valence-electron chi connectivity index (χ1n) is 12.4. The van der Waals surface area contributed by atoms with E-state index in [1.165, 1.54) is 57.8 Å². The minimum atomic E-state index is -0.0945. The van der Waals surface area contributed by atoms with Crippen LogP contribution in [0.15, 0.2) is 24.3 Å². The summed E-state index contributed by atoms with van der Waals surface area (Å²) in [7, 11) is 0. The lowest BCUT2D eigenvalue weighted by Crippen LogP contribution is -2.22. The molecule has 0 spiro atoms. The van der Waals surface area contributed by atoms with Gasteiger partial charge in [-0.1, -0.05) is 102 Å². The van der Waals surface area contributed by atoms with Gasteiger partial charge in [-0.05, 0) is 30.4 Å². The molecule has 0 bridgehead atoms. The third kappa shape index (κ3) is 14.6. The van der Waals surface area contributed by atoms with Crippen LogP contribution in [0.1, 0.15) is 114 Å². The molecule has 0 fully saturated rings. The monoisotopic (exact) mass is 418 g/mol. The molecule has 30 heavy (non-hydrogen) atoms. The Morgan fingerprint density at radius 3 is 2.10 bits per heavy atom. The highest BCUT2D eigenvalue weighted by Crippen LogP contribution is 2.14. The normalized spacial score (nSPS) is 12.1. The zero-order valence-electron chi connectivity index (χ0n) is 19.3. The number of carbonyl (C=O) groups is 1. The van der Waals surface area contributed by atoms with E-state index in [1.54, 1.807) is 0 Å². The summed E-state index contributed by atoms with van der Waals surface area (Å²) < 4.78 is 0. The number of nitrogens with one attached hydrogen (secondary N) is 1. The number of aliphatic hydroxyl groups is 1. The smallest absolute Gasteiger partial charge is 0.220 e. The Labute approximate surface area is 185 Å². The van der Waals surface area contributed by atoms with Crippen molar-refractivity contribution in [3.05, 3.63) is 35.4 Å². The van der Waals surface area contributed by atoms with Crippen LogP contribution in [0.2, 0.25) is 0 Å². The summed E-state index contributed by atoms with van der Waals surface area (Å²) in [5, 5.41) is 13.0. The standard InChI is InChI=1S/C26H46N2O2/c1-2-3-4-8-11-17-25(29)18-12-9-6-5-7-10-13-19-26(30)28-22-24-16-14-15-23(20-24)21-27/h14-16,20,25,29H,2-13,17-19,21-22,27H2,1H3,(H,28,30). The average Bonchev–Trinajstić information content (AvgIpc) is 2.76. The van der Waals surface area contributed by atoms with Crippen molar-refractivity contribution < 1.29 is 9.90 Å². The van der Waals surface area contributed by atoms with Crippen molar-refractivity contribution in [2.24, 2.45) is 5.73 Å². The summed E-state index contributed by atoms with van der Waals surface area (Å²) in [6.07, 6.45) is 16.9. The van der Waals surface area contributed by atoms with E-state index in [9.17, 15) is 9.90 Å². The first-order chi connectivity index (χ1) is 14.7. The summed E-state index contributed by atoms with van der Waals surface area (Å²) in [6, 6.07) is 8.06. The molecule has 4 N–H and O–H groups in total. The van der Waals surface area contributed by atoms with Crippen LogP contribution >= 0.6 is 0 Å². The maximum absolute atomic E-state index is 12.0. The Hall–Kier alpha value is -1.39. The van der Waals surface area contributed by atoms with Crippen LogP contribution in [0.25, 0.3) is 0 Å². The number of carbonyl (C=O) groups excluding carboxylic acids is 1. The maximum Gasteiger partial charge on any atom is 0.220 e. The van der Waals surface area contributed by atoms with Gasteiger partial charge in [0.15, 0.2) is 0 Å². The lowest BCUT2D eigenvalue weighted by atomic mass is 10.0. The molecule has 0 aliphatic heterocycles. The quantitative estimate of drug-likeness (QED) is 0.241. The zero-order chi connectivity index (χ0) is 21.9. The first-order valence-corrected chi connectivity index (χ1v) is 12.4. The van der Waals surface area contributed by atoms with Crippen molar-refractivity contribution >= 4 is 5.91 Å². The van der Waals surface area contributed by atoms with Gasteiger partial charge in [-0.3, -0.25) is 4.79 Å². The number of rotatable bonds is 19. The fourth-order valence-electron chi connectivity index (χ4n) is 3.83. The molecule has 0 aliphatic rings. The molecule has 1 aromatic rings. The van der Waals surface area contributed by atoms with Gasteiger partial charge in [-0.25, -0.2) is 0 Å². The van der Waals surface area contributed by atoms with E-state index < -0.39 is 0 Å². The number of hydrogen-bond donors (Lipinski definition) is 3. The van der Waals surface area contributed by atoms with Crippen molar-refractivity contribution in [3.63, 3.8) is 0 Å². The van der Waals surface area contributed by atoms with Gasteiger partial charge in [-0.2, -0.15) is 0 Å². The third-order valence-corrected chi connectivity index (χ3v) is 5.80. The molecule has 0 saturated heterocycles. The number of amides is 1. The molecule has 1 rings (SSSR count). The number of aliphatic hydroxyl groups excluding tert-OH is 1. The van der Waals surface area contributed by atoms with Crippen LogP contribution in [-0.4, -0.2) is 17.1 Å². The molecule has 1 aromatic carbocycles. The Morgan fingerprint density at radius 1 is 0.900 bits per heavy atom. The van der Waals surface area contributed by atoms with Gasteiger partial charge in [0.25, 0.3) is 0 Å². The minimum absolute atomic E-state index is 0.0945. The maximum atomic E-state index is 12.0. The predicted molar refractivity (Wildman–Crippen MR) is 127 cm³/mol. The molecule has 0 heterocycles. The van der Waals surface area contributed by atoms with E-state index >= 15 is 0 Å². The highest BCUT2D eigenvalue weighted by molar-refractivity contribution is 5.75. The molecular formula is C26H46N2O2. The lowest BCUT2D eigenvalue weighted by molar-refractivity contribution is -0.121. The van der Waals surface area contributed by atoms with Crippen LogP contribution in [0.4, 0.5) is 0 Å². The molecule has 0 saturated carbocycles. The first kappa shape index (κ1) is 26.6. The second-order valence-corrected chi connectivity index (χ2v) is 8.67. The summed E-state index contributed by atoms with van der Waals surface area (Å²) in [4.78, 5) is 12.0. The van der Waals surface area contributed by atoms with Crippen molar-refractivity contribution in [3.8, 4) is 0 Å². The van der Waals surface area contributed by atoms with E-state index in [2.05, 4.69) is 12.2 Å². The molecule has 0 aliphatic carbocycles. The van der Waals surface area contributed by atoms with Crippen LogP contribution in [0.3, 0.4) is 0 Å².